The van der Waals surface area contributed by atoms with Gasteiger partial charge in [0.05, 0.1) is 6.10 Å². The van der Waals surface area contributed by atoms with Gasteiger partial charge in [-0.3, -0.25) is 4.98 Å². The topological polar surface area (TPSA) is 42.4 Å². The number of halogens is 1. The predicted molar refractivity (Wildman–Crippen MR) is 95.9 cm³/mol. The Morgan fingerprint density at radius 2 is 1.68 bits per heavy atom. The second-order valence-corrected chi connectivity index (χ2v) is 5.86. The van der Waals surface area contributed by atoms with E-state index in [1.165, 1.54) is 18.3 Å². The molecule has 2 aromatic carbocycles. The minimum Gasteiger partial charge on any atom is -0.491 e. The molecule has 4 heteroatoms. The lowest BCUT2D eigenvalue weighted by Gasteiger charge is -2.12. The highest BCUT2D eigenvalue weighted by molar-refractivity contribution is 5.63. The molecular formula is C21H20FNO2. The molecule has 0 saturated heterocycles. The molecule has 1 N–H and O–H groups in total. The van der Waals surface area contributed by atoms with Gasteiger partial charge in [0.25, 0.3) is 0 Å². The maximum Gasteiger partial charge on any atom is 0.126 e. The second-order valence-electron chi connectivity index (χ2n) is 5.86. The molecule has 1 unspecified atom stereocenters. The van der Waals surface area contributed by atoms with E-state index in [2.05, 4.69) is 17.1 Å². The van der Waals surface area contributed by atoms with Crippen molar-refractivity contribution in [2.45, 2.75) is 18.9 Å². The largest absolute Gasteiger partial charge is 0.491 e. The molecular weight excluding hydrogens is 317 g/mol. The summed E-state index contributed by atoms with van der Waals surface area (Å²) in [6, 6.07) is 20.6. The second kappa shape index (κ2) is 8.40. The fourth-order valence-electron chi connectivity index (χ4n) is 2.55. The van der Waals surface area contributed by atoms with E-state index >= 15 is 0 Å². The van der Waals surface area contributed by atoms with Gasteiger partial charge in [0.1, 0.15) is 18.2 Å². The zero-order valence-corrected chi connectivity index (χ0v) is 13.8. The summed E-state index contributed by atoms with van der Waals surface area (Å²) in [5, 5.41) is 10.0. The van der Waals surface area contributed by atoms with Gasteiger partial charge in [0, 0.05) is 11.9 Å². The molecule has 0 aliphatic heterocycles. The Bertz CT molecular complexity index is 791. The Kier molecular flexibility index (Phi) is 5.75. The smallest absolute Gasteiger partial charge is 0.126 e. The summed E-state index contributed by atoms with van der Waals surface area (Å²) in [6.07, 6.45) is 1.79. The molecule has 0 bridgehead atoms. The Labute approximate surface area is 146 Å². The van der Waals surface area contributed by atoms with Crippen molar-refractivity contribution < 1.29 is 14.2 Å². The highest BCUT2D eigenvalue weighted by atomic mass is 19.1. The van der Waals surface area contributed by atoms with Gasteiger partial charge in [-0.2, -0.15) is 0 Å². The molecule has 0 amide bonds. The van der Waals surface area contributed by atoms with Crippen LogP contribution in [-0.2, 0) is 6.42 Å². The average molecular weight is 337 g/mol. The van der Waals surface area contributed by atoms with Crippen molar-refractivity contribution in [1.29, 1.82) is 0 Å². The van der Waals surface area contributed by atoms with Crippen molar-refractivity contribution in [2.75, 3.05) is 6.61 Å². The maximum absolute atomic E-state index is 13.1. The van der Waals surface area contributed by atoms with Gasteiger partial charge in [-0.15, -0.1) is 0 Å². The van der Waals surface area contributed by atoms with Crippen LogP contribution in [0.5, 0.6) is 5.75 Å². The molecule has 1 atom stereocenters. The minimum absolute atomic E-state index is 0.194. The Hall–Kier alpha value is -2.72. The number of benzene rings is 2. The summed E-state index contributed by atoms with van der Waals surface area (Å²) < 4.78 is 18.7. The fraction of sp³-hybridized carbons (Fsp3) is 0.190. The molecule has 25 heavy (non-hydrogen) atoms. The van der Waals surface area contributed by atoms with Crippen molar-refractivity contribution in [3.8, 4) is 16.9 Å². The zero-order valence-electron chi connectivity index (χ0n) is 13.8. The van der Waals surface area contributed by atoms with Gasteiger partial charge in [0.2, 0.25) is 0 Å². The first-order valence-electron chi connectivity index (χ1n) is 8.27. The van der Waals surface area contributed by atoms with Crippen LogP contribution in [0.4, 0.5) is 4.39 Å². The van der Waals surface area contributed by atoms with Crippen LogP contribution in [0.1, 0.15) is 12.1 Å². The van der Waals surface area contributed by atoms with Crippen molar-refractivity contribution in [2.24, 2.45) is 0 Å². The van der Waals surface area contributed by atoms with E-state index in [0.29, 0.717) is 24.3 Å². The molecule has 0 spiro atoms. The lowest BCUT2D eigenvalue weighted by atomic mass is 10.1. The molecule has 1 aromatic heterocycles. The number of pyridine rings is 1. The lowest BCUT2D eigenvalue weighted by molar-refractivity contribution is 0.1000. The normalized spacial score (nSPS) is 11.9. The first-order valence-corrected chi connectivity index (χ1v) is 8.27. The van der Waals surface area contributed by atoms with Crippen LogP contribution >= 0.6 is 0 Å². The zero-order chi connectivity index (χ0) is 17.5. The first kappa shape index (κ1) is 17.1. The molecule has 128 valence electrons. The lowest BCUT2D eigenvalue weighted by Crippen LogP contribution is -2.18. The van der Waals surface area contributed by atoms with Crippen LogP contribution in [0.2, 0.25) is 0 Å². The Morgan fingerprint density at radius 1 is 0.960 bits per heavy atom. The molecule has 0 aliphatic rings. The van der Waals surface area contributed by atoms with Gasteiger partial charge in [-0.1, -0.05) is 42.5 Å². The molecule has 0 aliphatic carbocycles. The van der Waals surface area contributed by atoms with Crippen LogP contribution in [-0.4, -0.2) is 22.8 Å². The number of nitrogens with zero attached hydrogens (tertiary/aromatic N) is 1. The average Bonchev–Trinajstić information content (AvgIpc) is 2.66. The highest BCUT2D eigenvalue weighted by Crippen LogP contribution is 2.22. The Morgan fingerprint density at radius 3 is 2.40 bits per heavy atom. The van der Waals surface area contributed by atoms with Gasteiger partial charge in [0.15, 0.2) is 0 Å². The van der Waals surface area contributed by atoms with Crippen LogP contribution in [0.3, 0.4) is 0 Å². The van der Waals surface area contributed by atoms with E-state index in [9.17, 15) is 9.50 Å². The molecule has 0 radical (unpaired) electrons. The van der Waals surface area contributed by atoms with E-state index in [1.54, 1.807) is 0 Å². The van der Waals surface area contributed by atoms with Gasteiger partial charge in [-0.05, 0) is 48.2 Å². The molecule has 3 nitrogen and oxygen atoms in total. The predicted octanol–water partition coefficient (Wildman–Crippen LogP) is 4.26. The number of aromatic nitrogens is 1. The van der Waals surface area contributed by atoms with Gasteiger partial charge in [-0.25, -0.2) is 4.39 Å². The number of aryl methyl sites for hydroxylation is 1. The third-order valence-corrected chi connectivity index (χ3v) is 3.92. The van der Waals surface area contributed by atoms with Crippen molar-refractivity contribution in [3.63, 3.8) is 0 Å². The third kappa shape index (κ3) is 5.13. The third-order valence-electron chi connectivity index (χ3n) is 3.92. The van der Waals surface area contributed by atoms with E-state index in [0.717, 1.165) is 11.1 Å². The van der Waals surface area contributed by atoms with Crippen molar-refractivity contribution in [3.05, 3.63) is 84.4 Å². The summed E-state index contributed by atoms with van der Waals surface area (Å²) in [4.78, 5) is 4.08. The summed E-state index contributed by atoms with van der Waals surface area (Å²) in [6.45, 7) is 0.194. The number of ether oxygens (including phenoxy) is 1. The summed E-state index contributed by atoms with van der Waals surface area (Å²) >= 11 is 0. The number of rotatable bonds is 7. The molecule has 0 saturated carbocycles. The SMILES string of the molecule is OC(CCc1cc(F)ccn1)COc1ccc(-c2ccccc2)cc1. The molecule has 3 rings (SSSR count). The highest BCUT2D eigenvalue weighted by Gasteiger charge is 2.07. The van der Waals surface area contributed by atoms with Crippen molar-refractivity contribution >= 4 is 0 Å². The van der Waals surface area contributed by atoms with Crippen LogP contribution in [0, 0.1) is 5.82 Å². The summed E-state index contributed by atoms with van der Waals surface area (Å²) in [7, 11) is 0. The van der Waals surface area contributed by atoms with Crippen molar-refractivity contribution in [1.82, 2.24) is 4.98 Å². The van der Waals surface area contributed by atoms with E-state index < -0.39 is 6.10 Å². The standard InChI is InChI=1S/C21H20FNO2/c22-18-12-13-23-19(14-18)8-9-20(24)15-25-21-10-6-17(7-11-21)16-4-2-1-3-5-16/h1-7,10-14,20,24H,8-9,15H2. The maximum atomic E-state index is 13.1. The molecule has 0 fully saturated rings. The van der Waals surface area contributed by atoms with Gasteiger partial charge < -0.3 is 9.84 Å². The van der Waals surface area contributed by atoms with Crippen LogP contribution in [0.25, 0.3) is 11.1 Å². The quantitative estimate of drug-likeness (QED) is 0.700. The Balaban J connectivity index is 1.48. The van der Waals surface area contributed by atoms with Crippen LogP contribution in [0.15, 0.2) is 72.9 Å². The number of aliphatic hydroxyl groups excluding tert-OH is 1. The minimum atomic E-state index is -0.626. The van der Waals surface area contributed by atoms with Gasteiger partial charge >= 0.3 is 0 Å². The molecule has 3 aromatic rings. The van der Waals surface area contributed by atoms with E-state index in [-0.39, 0.29) is 12.4 Å². The first-order chi connectivity index (χ1) is 12.2. The monoisotopic (exact) mass is 337 g/mol. The van der Waals surface area contributed by atoms with E-state index in [1.807, 2.05) is 42.5 Å². The van der Waals surface area contributed by atoms with E-state index in [4.69, 9.17) is 4.74 Å². The summed E-state index contributed by atoms with van der Waals surface area (Å²) in [5.41, 5.74) is 2.90. The fourth-order valence-corrected chi connectivity index (χ4v) is 2.55. The number of hydrogen-bond donors (Lipinski definition) is 1. The number of hydrogen-bond acceptors (Lipinski definition) is 3. The number of aliphatic hydroxyl groups is 1. The summed E-state index contributed by atoms with van der Waals surface area (Å²) in [5.74, 6) is 0.400. The molecule has 1 heterocycles. The van der Waals surface area contributed by atoms with Crippen LogP contribution < -0.4 is 4.74 Å².